The molecular weight excluding hydrogens is 406 g/mol. The van der Waals surface area contributed by atoms with Crippen LogP contribution in [0.5, 0.6) is 0 Å². The van der Waals surface area contributed by atoms with Gasteiger partial charge in [0.15, 0.2) is 0 Å². The van der Waals surface area contributed by atoms with Gasteiger partial charge in [-0.25, -0.2) is 0 Å². The van der Waals surface area contributed by atoms with Gasteiger partial charge < -0.3 is 24.6 Å². The van der Waals surface area contributed by atoms with Crippen molar-refractivity contribution in [2.24, 2.45) is 0 Å². The average Bonchev–Trinajstić information content (AvgIpc) is 2.80. The van der Waals surface area contributed by atoms with Crippen LogP contribution in [0.1, 0.15) is 110 Å². The Kier molecular flexibility index (Phi) is 26.0. The summed E-state index contributed by atoms with van der Waals surface area (Å²) < 4.78 is 10.6. The lowest BCUT2D eigenvalue weighted by molar-refractivity contribution is -0.133. The van der Waals surface area contributed by atoms with Gasteiger partial charge in [0.05, 0.1) is 39.6 Å². The van der Waals surface area contributed by atoms with Crippen molar-refractivity contribution in [1.29, 1.82) is 0 Å². The zero-order valence-electron chi connectivity index (χ0n) is 21.0. The highest BCUT2D eigenvalue weighted by Gasteiger charge is 2.13. The van der Waals surface area contributed by atoms with E-state index in [9.17, 15) is 4.79 Å². The lowest BCUT2D eigenvalue weighted by atomic mass is 10.0. The SMILES string of the molecule is CCCCCCCCCCCCCCCCCC(=O)N(CCOCCO)CCOCCO. The maximum absolute atomic E-state index is 12.5. The third-order valence-electron chi connectivity index (χ3n) is 5.83. The molecule has 0 aliphatic heterocycles. The van der Waals surface area contributed by atoms with E-state index in [1.165, 1.54) is 83.5 Å². The van der Waals surface area contributed by atoms with E-state index in [-0.39, 0.29) is 19.1 Å². The molecule has 0 bridgehead atoms. The van der Waals surface area contributed by atoms with Gasteiger partial charge in [-0.15, -0.1) is 0 Å². The fourth-order valence-corrected chi connectivity index (χ4v) is 3.85. The lowest BCUT2D eigenvalue weighted by Crippen LogP contribution is -2.36. The van der Waals surface area contributed by atoms with Crippen molar-refractivity contribution in [3.8, 4) is 0 Å². The highest BCUT2D eigenvalue weighted by atomic mass is 16.5. The lowest BCUT2D eigenvalue weighted by Gasteiger charge is -2.22. The Hall–Kier alpha value is -0.690. The van der Waals surface area contributed by atoms with Gasteiger partial charge in [0, 0.05) is 19.5 Å². The molecule has 0 heterocycles. The molecule has 0 saturated carbocycles. The summed E-state index contributed by atoms with van der Waals surface area (Å²) in [4.78, 5) is 14.3. The van der Waals surface area contributed by atoms with Gasteiger partial charge in [-0.2, -0.15) is 0 Å². The molecule has 0 aliphatic rings. The molecule has 0 radical (unpaired) electrons. The quantitative estimate of drug-likeness (QED) is 0.176. The molecule has 32 heavy (non-hydrogen) atoms. The van der Waals surface area contributed by atoms with Crippen LogP contribution in [0.25, 0.3) is 0 Å². The largest absolute Gasteiger partial charge is 0.394 e. The predicted molar refractivity (Wildman–Crippen MR) is 132 cm³/mol. The van der Waals surface area contributed by atoms with Gasteiger partial charge in [-0.05, 0) is 6.42 Å². The molecule has 0 aromatic heterocycles. The summed E-state index contributed by atoms with van der Waals surface area (Å²) in [5, 5.41) is 17.6. The summed E-state index contributed by atoms with van der Waals surface area (Å²) in [6.45, 7) is 4.71. The smallest absolute Gasteiger partial charge is 0.222 e. The first-order valence-electron chi connectivity index (χ1n) is 13.4. The number of carbonyl (C=O) groups is 1. The Labute approximate surface area is 198 Å². The minimum atomic E-state index is -0.00726. The van der Waals surface area contributed by atoms with Gasteiger partial charge in [-0.3, -0.25) is 4.79 Å². The Balaban J connectivity index is 3.63. The van der Waals surface area contributed by atoms with E-state index >= 15 is 0 Å². The highest BCUT2D eigenvalue weighted by Crippen LogP contribution is 2.14. The second-order valence-electron chi connectivity index (χ2n) is 8.75. The molecular formula is C26H53NO5. The normalized spacial score (nSPS) is 11.2. The van der Waals surface area contributed by atoms with E-state index in [1.54, 1.807) is 4.90 Å². The van der Waals surface area contributed by atoms with Crippen LogP contribution < -0.4 is 0 Å². The number of amides is 1. The minimum Gasteiger partial charge on any atom is -0.394 e. The van der Waals surface area contributed by atoms with E-state index in [4.69, 9.17) is 19.7 Å². The van der Waals surface area contributed by atoms with E-state index in [1.807, 2.05) is 0 Å². The van der Waals surface area contributed by atoms with Crippen LogP contribution in [-0.2, 0) is 14.3 Å². The zero-order valence-corrected chi connectivity index (χ0v) is 21.0. The van der Waals surface area contributed by atoms with Crippen LogP contribution in [0.15, 0.2) is 0 Å². The first kappa shape index (κ1) is 31.3. The summed E-state index contributed by atoms with van der Waals surface area (Å²) in [6, 6.07) is 0. The van der Waals surface area contributed by atoms with Gasteiger partial charge in [0.1, 0.15) is 0 Å². The van der Waals surface area contributed by atoms with E-state index in [2.05, 4.69) is 6.92 Å². The number of hydrogen-bond donors (Lipinski definition) is 2. The number of aliphatic hydroxyl groups excluding tert-OH is 2. The average molecular weight is 460 g/mol. The number of unbranched alkanes of at least 4 members (excludes halogenated alkanes) is 14. The maximum Gasteiger partial charge on any atom is 0.222 e. The molecule has 0 spiro atoms. The number of aliphatic hydroxyl groups is 2. The standard InChI is InChI=1S/C26H53NO5/c1-2-3-4-5-6-7-8-9-10-11-12-13-14-15-16-17-26(30)27(18-22-31-24-20-28)19-23-32-25-21-29/h28-29H,2-25H2,1H3. The number of hydrogen-bond acceptors (Lipinski definition) is 5. The van der Waals surface area contributed by atoms with E-state index in [0.717, 1.165) is 12.8 Å². The van der Waals surface area contributed by atoms with Crippen molar-refractivity contribution in [2.75, 3.05) is 52.7 Å². The third kappa shape index (κ3) is 22.5. The summed E-state index contributed by atoms with van der Waals surface area (Å²) in [5.41, 5.74) is 0. The molecule has 0 fully saturated rings. The van der Waals surface area contributed by atoms with Crippen molar-refractivity contribution >= 4 is 5.91 Å². The number of carbonyl (C=O) groups excluding carboxylic acids is 1. The van der Waals surface area contributed by atoms with Crippen LogP contribution in [-0.4, -0.2) is 73.8 Å². The van der Waals surface area contributed by atoms with Gasteiger partial charge >= 0.3 is 0 Å². The molecule has 6 heteroatoms. The first-order chi connectivity index (χ1) is 15.8. The van der Waals surface area contributed by atoms with E-state index in [0.29, 0.717) is 45.9 Å². The molecule has 192 valence electrons. The monoisotopic (exact) mass is 459 g/mol. The van der Waals surface area contributed by atoms with Crippen molar-refractivity contribution in [3.05, 3.63) is 0 Å². The molecule has 0 unspecified atom stereocenters. The van der Waals surface area contributed by atoms with Crippen molar-refractivity contribution in [2.45, 2.75) is 110 Å². The molecule has 0 saturated heterocycles. The fraction of sp³-hybridized carbons (Fsp3) is 0.962. The van der Waals surface area contributed by atoms with Crippen LogP contribution in [0, 0.1) is 0 Å². The third-order valence-corrected chi connectivity index (χ3v) is 5.83. The van der Waals surface area contributed by atoms with Gasteiger partial charge in [0.25, 0.3) is 0 Å². The van der Waals surface area contributed by atoms with Crippen molar-refractivity contribution in [3.63, 3.8) is 0 Å². The Bertz CT molecular complexity index is 369. The fourth-order valence-electron chi connectivity index (χ4n) is 3.85. The highest BCUT2D eigenvalue weighted by molar-refractivity contribution is 5.76. The topological polar surface area (TPSA) is 79.2 Å². The van der Waals surface area contributed by atoms with Crippen LogP contribution in [0.4, 0.5) is 0 Å². The molecule has 1 amide bonds. The molecule has 0 rings (SSSR count). The predicted octanol–water partition coefficient (Wildman–Crippen LogP) is 5.09. The summed E-state index contributed by atoms with van der Waals surface area (Å²) >= 11 is 0. The minimum absolute atomic E-state index is 0.00726. The number of rotatable bonds is 26. The molecule has 0 aliphatic carbocycles. The van der Waals surface area contributed by atoms with Gasteiger partial charge in [0.2, 0.25) is 5.91 Å². The van der Waals surface area contributed by atoms with Gasteiger partial charge in [-0.1, -0.05) is 96.8 Å². The van der Waals surface area contributed by atoms with E-state index < -0.39 is 0 Å². The number of nitrogens with zero attached hydrogens (tertiary/aromatic N) is 1. The van der Waals surface area contributed by atoms with Crippen LogP contribution in [0.3, 0.4) is 0 Å². The Morgan fingerprint density at radius 2 is 0.969 bits per heavy atom. The van der Waals surface area contributed by atoms with Crippen LogP contribution in [0.2, 0.25) is 0 Å². The Morgan fingerprint density at radius 3 is 1.34 bits per heavy atom. The first-order valence-corrected chi connectivity index (χ1v) is 13.4. The molecule has 0 aromatic carbocycles. The summed E-state index contributed by atoms with van der Waals surface area (Å²) in [7, 11) is 0. The molecule has 6 nitrogen and oxygen atoms in total. The summed E-state index contributed by atoms with van der Waals surface area (Å²) in [6.07, 6.45) is 20.3. The second-order valence-corrected chi connectivity index (χ2v) is 8.75. The second kappa shape index (κ2) is 26.6. The maximum atomic E-state index is 12.5. The molecule has 0 aromatic rings. The van der Waals surface area contributed by atoms with Crippen molar-refractivity contribution in [1.82, 2.24) is 4.90 Å². The molecule has 2 N–H and O–H groups in total. The van der Waals surface area contributed by atoms with Crippen molar-refractivity contribution < 1.29 is 24.5 Å². The summed E-state index contributed by atoms with van der Waals surface area (Å²) in [5.74, 6) is 0.139. The molecule has 0 atom stereocenters. The number of ether oxygens (including phenoxy) is 2. The van der Waals surface area contributed by atoms with Crippen LogP contribution >= 0.6 is 0 Å². The zero-order chi connectivity index (χ0) is 23.5. The Morgan fingerprint density at radius 1 is 0.594 bits per heavy atom.